The number of aliphatic carboxylic acids is 1. The summed E-state index contributed by atoms with van der Waals surface area (Å²) in [4.78, 5) is 11.4. The molecular weight excluding hydrogens is 408 g/mol. The molecule has 6 heteroatoms. The molecule has 0 aliphatic carbocycles. The molecule has 0 saturated carbocycles. The van der Waals surface area contributed by atoms with Crippen molar-refractivity contribution in [2.45, 2.75) is 46.1 Å². The highest BCUT2D eigenvalue weighted by atomic mass is 28.4. The third kappa shape index (κ3) is 6.61. The monoisotopic (exact) mass is 442 g/mol. The molecule has 1 N–H and O–H groups in total. The van der Waals surface area contributed by atoms with Gasteiger partial charge in [0.2, 0.25) is 0 Å². The molecule has 3 aromatic carbocycles. The highest BCUT2D eigenvalue weighted by Gasteiger charge is 2.52. The van der Waals surface area contributed by atoms with Crippen LogP contribution in [0.3, 0.4) is 0 Å². The zero-order valence-corrected chi connectivity index (χ0v) is 20.0. The lowest BCUT2D eigenvalue weighted by Gasteiger charge is -2.32. The number of hydrogen-bond donors (Lipinski definition) is 1. The van der Waals surface area contributed by atoms with Crippen LogP contribution in [-0.2, 0) is 18.1 Å². The first-order chi connectivity index (χ1) is 15.0. The van der Waals surface area contributed by atoms with Crippen molar-refractivity contribution < 1.29 is 23.2 Å². The van der Waals surface area contributed by atoms with Crippen LogP contribution in [0.1, 0.15) is 40.5 Å². The molecule has 0 fully saturated rings. The topological polar surface area (TPSA) is 65.0 Å². The molecule has 168 valence electrons. The Morgan fingerprint density at radius 1 is 0.774 bits per heavy atom. The van der Waals surface area contributed by atoms with Crippen molar-refractivity contribution in [3.05, 3.63) is 60.7 Å². The molecule has 3 rings (SSSR count). The lowest BCUT2D eigenvalue weighted by atomic mass is 10.0. The molecule has 0 spiro atoms. The fraction of sp³-hybridized carbons (Fsp3) is 0.400. The van der Waals surface area contributed by atoms with Gasteiger partial charge in [0.15, 0.2) is 0 Å². The summed E-state index contributed by atoms with van der Waals surface area (Å²) in [7, 11) is -3.11. The van der Waals surface area contributed by atoms with Gasteiger partial charge in [0.25, 0.3) is 0 Å². The van der Waals surface area contributed by atoms with Gasteiger partial charge >= 0.3 is 14.8 Å². The number of hydrogen-bond acceptors (Lipinski definition) is 4. The van der Waals surface area contributed by atoms with E-state index in [1.165, 1.54) is 21.5 Å². The van der Waals surface area contributed by atoms with Crippen LogP contribution in [-0.4, -0.2) is 39.7 Å². The molecule has 0 saturated heterocycles. The SMILES string of the molecule is CCCC(C(=O)O)[Si](OCC)(OCC)OCC.c1ccc2cc3ccccc3cc2c1. The van der Waals surface area contributed by atoms with Crippen LogP contribution in [0.15, 0.2) is 60.7 Å². The first-order valence-electron chi connectivity index (χ1n) is 11.0. The summed E-state index contributed by atoms with van der Waals surface area (Å²) >= 11 is 0. The summed E-state index contributed by atoms with van der Waals surface area (Å²) in [5, 5.41) is 14.6. The molecular formula is C25H34O5Si. The van der Waals surface area contributed by atoms with E-state index in [9.17, 15) is 9.90 Å². The zero-order valence-electron chi connectivity index (χ0n) is 19.0. The third-order valence-electron chi connectivity index (χ3n) is 4.95. The average Bonchev–Trinajstić information content (AvgIpc) is 2.76. The number of carboxylic acid groups (broad SMARTS) is 1. The van der Waals surface area contributed by atoms with E-state index in [2.05, 4.69) is 60.7 Å². The van der Waals surface area contributed by atoms with Crippen molar-refractivity contribution >= 4 is 36.3 Å². The smallest absolute Gasteiger partial charge is 0.481 e. The fourth-order valence-electron chi connectivity index (χ4n) is 3.65. The van der Waals surface area contributed by atoms with Gasteiger partial charge in [-0.1, -0.05) is 61.9 Å². The number of benzene rings is 3. The zero-order chi connectivity index (χ0) is 22.7. The Morgan fingerprint density at radius 2 is 1.13 bits per heavy atom. The molecule has 0 aromatic heterocycles. The fourth-order valence-corrected chi connectivity index (χ4v) is 6.66. The summed E-state index contributed by atoms with van der Waals surface area (Å²) in [6, 6.07) is 21.4. The van der Waals surface area contributed by atoms with E-state index >= 15 is 0 Å². The van der Waals surface area contributed by atoms with E-state index in [4.69, 9.17) is 13.3 Å². The molecule has 0 aliphatic rings. The standard InChI is InChI=1S/C14H10.C11H24O5Si/c1-2-6-12-10-14-8-4-3-7-13(14)9-11(12)5-1;1-5-9-10(11(12)13)17(14-6-2,15-7-3)16-8-4/h1-10H;10H,5-9H2,1-4H3,(H,12,13). The largest absolute Gasteiger partial charge is 0.515 e. The second-order valence-corrected chi connectivity index (χ2v) is 9.90. The minimum absolute atomic E-state index is 0.402. The molecule has 0 radical (unpaired) electrons. The number of rotatable bonds is 10. The van der Waals surface area contributed by atoms with Gasteiger partial charge in [-0.3, -0.25) is 4.79 Å². The van der Waals surface area contributed by atoms with Crippen LogP contribution >= 0.6 is 0 Å². The Bertz CT molecular complexity index is 837. The van der Waals surface area contributed by atoms with Crippen molar-refractivity contribution in [3.63, 3.8) is 0 Å². The normalized spacial score (nSPS) is 12.4. The summed E-state index contributed by atoms with van der Waals surface area (Å²) in [5.41, 5.74) is -0.674. The molecule has 0 bridgehead atoms. The van der Waals surface area contributed by atoms with Crippen molar-refractivity contribution in [2.75, 3.05) is 19.8 Å². The van der Waals surface area contributed by atoms with Crippen LogP contribution in [0.4, 0.5) is 0 Å². The predicted octanol–water partition coefficient (Wildman–Crippen LogP) is 6.28. The summed E-state index contributed by atoms with van der Waals surface area (Å²) < 4.78 is 16.8. The van der Waals surface area contributed by atoms with Gasteiger partial charge < -0.3 is 18.4 Å². The van der Waals surface area contributed by atoms with Gasteiger partial charge in [0.1, 0.15) is 5.54 Å². The Hall–Kier alpha value is -2.25. The minimum atomic E-state index is -3.11. The van der Waals surface area contributed by atoms with Crippen LogP contribution in [0.2, 0.25) is 5.54 Å². The van der Waals surface area contributed by atoms with Gasteiger partial charge in [-0.2, -0.15) is 0 Å². The third-order valence-corrected chi connectivity index (χ3v) is 8.42. The van der Waals surface area contributed by atoms with E-state index in [0.29, 0.717) is 26.2 Å². The first-order valence-corrected chi connectivity index (χ1v) is 12.8. The Balaban J connectivity index is 0.000000222. The maximum atomic E-state index is 11.4. The lowest BCUT2D eigenvalue weighted by Crippen LogP contribution is -2.52. The quantitative estimate of drug-likeness (QED) is 0.295. The van der Waals surface area contributed by atoms with E-state index in [1.807, 2.05) is 27.7 Å². The first kappa shape index (κ1) is 25.0. The number of carbonyl (C=O) groups is 1. The number of fused-ring (bicyclic) bond motifs is 2. The Kier molecular flexibility index (Phi) is 10.1. The maximum absolute atomic E-state index is 11.4. The second-order valence-electron chi connectivity index (χ2n) is 7.13. The van der Waals surface area contributed by atoms with E-state index in [1.54, 1.807) is 0 Å². The molecule has 0 amide bonds. The van der Waals surface area contributed by atoms with Gasteiger partial charge in [0, 0.05) is 19.8 Å². The molecule has 31 heavy (non-hydrogen) atoms. The van der Waals surface area contributed by atoms with Crippen LogP contribution < -0.4 is 0 Å². The van der Waals surface area contributed by atoms with Gasteiger partial charge in [0.05, 0.1) is 0 Å². The minimum Gasteiger partial charge on any atom is -0.481 e. The summed E-state index contributed by atoms with van der Waals surface area (Å²) in [6.45, 7) is 8.62. The highest BCUT2D eigenvalue weighted by Crippen LogP contribution is 2.30. The molecule has 0 heterocycles. The van der Waals surface area contributed by atoms with E-state index < -0.39 is 20.3 Å². The maximum Gasteiger partial charge on any atom is 0.515 e. The molecule has 1 unspecified atom stereocenters. The predicted molar refractivity (Wildman–Crippen MR) is 128 cm³/mol. The van der Waals surface area contributed by atoms with Crippen LogP contribution in [0.5, 0.6) is 0 Å². The van der Waals surface area contributed by atoms with Gasteiger partial charge in [-0.05, 0) is 60.9 Å². The number of carboxylic acids is 1. The molecule has 3 aromatic rings. The van der Waals surface area contributed by atoms with Crippen molar-refractivity contribution in [2.24, 2.45) is 0 Å². The Morgan fingerprint density at radius 3 is 1.39 bits per heavy atom. The average molecular weight is 443 g/mol. The summed E-state index contributed by atoms with van der Waals surface area (Å²) in [6.07, 6.45) is 1.28. The van der Waals surface area contributed by atoms with E-state index in [-0.39, 0.29) is 0 Å². The van der Waals surface area contributed by atoms with Crippen LogP contribution in [0, 0.1) is 0 Å². The molecule has 1 atom stereocenters. The van der Waals surface area contributed by atoms with E-state index in [0.717, 1.165) is 6.42 Å². The molecule has 0 aliphatic heterocycles. The summed E-state index contributed by atoms with van der Waals surface area (Å²) in [5.74, 6) is -0.895. The Labute approximate surface area is 186 Å². The van der Waals surface area contributed by atoms with Crippen molar-refractivity contribution in [1.82, 2.24) is 0 Å². The van der Waals surface area contributed by atoms with Crippen LogP contribution in [0.25, 0.3) is 21.5 Å². The second kappa shape index (κ2) is 12.6. The van der Waals surface area contributed by atoms with Gasteiger partial charge in [-0.15, -0.1) is 0 Å². The lowest BCUT2D eigenvalue weighted by molar-refractivity contribution is -0.139. The van der Waals surface area contributed by atoms with Crippen molar-refractivity contribution in [1.29, 1.82) is 0 Å². The molecule has 5 nitrogen and oxygen atoms in total. The highest BCUT2D eigenvalue weighted by molar-refractivity contribution is 6.66. The van der Waals surface area contributed by atoms with Gasteiger partial charge in [-0.25, -0.2) is 0 Å². The van der Waals surface area contributed by atoms with Crippen molar-refractivity contribution in [3.8, 4) is 0 Å².